The molecular formula is C12H13BrN2O2. The van der Waals surface area contributed by atoms with E-state index in [1.807, 2.05) is 18.2 Å². The average molecular weight is 297 g/mol. The van der Waals surface area contributed by atoms with Gasteiger partial charge < -0.3 is 10.1 Å². The van der Waals surface area contributed by atoms with Crippen molar-refractivity contribution in [2.75, 3.05) is 7.11 Å². The third kappa shape index (κ3) is 2.20. The van der Waals surface area contributed by atoms with Gasteiger partial charge in [0.05, 0.1) is 11.6 Å². The van der Waals surface area contributed by atoms with E-state index >= 15 is 0 Å². The van der Waals surface area contributed by atoms with Crippen molar-refractivity contribution in [3.8, 4) is 5.75 Å². The highest BCUT2D eigenvalue weighted by atomic mass is 79.9. The minimum absolute atomic E-state index is 0.0839. The second-order valence-corrected chi connectivity index (χ2v) is 5.18. The third-order valence-corrected chi connectivity index (χ3v) is 3.22. The molecule has 1 aromatic carbocycles. The van der Waals surface area contributed by atoms with Crippen molar-refractivity contribution < 1.29 is 9.53 Å². The Bertz CT molecular complexity index is 509. The maximum atomic E-state index is 11.6. The fourth-order valence-electron chi connectivity index (χ4n) is 1.57. The van der Waals surface area contributed by atoms with E-state index in [-0.39, 0.29) is 5.91 Å². The van der Waals surface area contributed by atoms with Crippen LogP contribution >= 0.6 is 15.9 Å². The Balaban J connectivity index is 2.37. The molecule has 0 aromatic heterocycles. The first-order valence-electron chi connectivity index (χ1n) is 5.19. The van der Waals surface area contributed by atoms with Crippen LogP contribution in [-0.4, -0.2) is 24.4 Å². The fourth-order valence-corrected chi connectivity index (χ4v) is 2.11. The molecule has 1 amide bonds. The molecule has 1 aromatic rings. The molecule has 1 heterocycles. The van der Waals surface area contributed by atoms with Crippen molar-refractivity contribution in [2.24, 2.45) is 4.99 Å². The van der Waals surface area contributed by atoms with E-state index in [0.717, 1.165) is 15.8 Å². The van der Waals surface area contributed by atoms with Crippen LogP contribution in [0.4, 0.5) is 0 Å². The SMILES string of the molecule is COc1ccc(C2=NC(C)(C)C(=O)N2)cc1Br. The molecule has 1 aliphatic heterocycles. The molecule has 0 fully saturated rings. The first-order valence-corrected chi connectivity index (χ1v) is 5.98. The summed E-state index contributed by atoms with van der Waals surface area (Å²) in [5.74, 6) is 1.26. The lowest BCUT2D eigenvalue weighted by molar-refractivity contribution is -0.122. The Morgan fingerprint density at radius 2 is 2.12 bits per heavy atom. The summed E-state index contributed by atoms with van der Waals surface area (Å²) in [5.41, 5.74) is 0.165. The zero-order valence-electron chi connectivity index (χ0n) is 9.87. The minimum atomic E-state index is -0.693. The van der Waals surface area contributed by atoms with Gasteiger partial charge in [-0.25, -0.2) is 0 Å². The first-order chi connectivity index (χ1) is 7.94. The van der Waals surface area contributed by atoms with Gasteiger partial charge in [0, 0.05) is 5.56 Å². The zero-order valence-corrected chi connectivity index (χ0v) is 11.5. The monoisotopic (exact) mass is 296 g/mol. The molecule has 0 saturated heterocycles. The molecular weight excluding hydrogens is 284 g/mol. The summed E-state index contributed by atoms with van der Waals surface area (Å²) in [6.07, 6.45) is 0. The maximum Gasteiger partial charge on any atom is 0.252 e. The van der Waals surface area contributed by atoms with Gasteiger partial charge in [-0.15, -0.1) is 0 Å². The highest BCUT2D eigenvalue weighted by Gasteiger charge is 2.34. The summed E-state index contributed by atoms with van der Waals surface area (Å²) < 4.78 is 5.98. The van der Waals surface area contributed by atoms with Crippen LogP contribution in [-0.2, 0) is 4.79 Å². The number of halogens is 1. The van der Waals surface area contributed by atoms with Gasteiger partial charge >= 0.3 is 0 Å². The number of hydrogen-bond acceptors (Lipinski definition) is 3. The van der Waals surface area contributed by atoms with E-state index in [1.54, 1.807) is 21.0 Å². The highest BCUT2D eigenvalue weighted by molar-refractivity contribution is 9.10. The number of nitrogens with one attached hydrogen (secondary N) is 1. The van der Waals surface area contributed by atoms with Gasteiger partial charge in [0.1, 0.15) is 17.1 Å². The summed E-state index contributed by atoms with van der Waals surface area (Å²) in [5, 5.41) is 2.77. The first kappa shape index (κ1) is 12.1. The topological polar surface area (TPSA) is 50.7 Å². The number of methoxy groups -OCH3 is 1. The average Bonchev–Trinajstić information content (AvgIpc) is 2.53. The van der Waals surface area contributed by atoms with Gasteiger partial charge in [-0.05, 0) is 48.0 Å². The van der Waals surface area contributed by atoms with Crippen LogP contribution in [0.1, 0.15) is 19.4 Å². The number of ether oxygens (including phenoxy) is 1. The Morgan fingerprint density at radius 3 is 2.59 bits per heavy atom. The Labute approximate surface area is 108 Å². The fraction of sp³-hybridized carbons (Fsp3) is 0.333. The minimum Gasteiger partial charge on any atom is -0.496 e. The number of aliphatic imine (C=N–C) groups is 1. The van der Waals surface area contributed by atoms with E-state index in [0.29, 0.717) is 5.84 Å². The van der Waals surface area contributed by atoms with Gasteiger partial charge in [0.2, 0.25) is 0 Å². The van der Waals surface area contributed by atoms with E-state index < -0.39 is 5.54 Å². The number of carbonyl (C=O) groups is 1. The van der Waals surface area contributed by atoms with Crippen molar-refractivity contribution in [1.29, 1.82) is 0 Å². The molecule has 1 aliphatic rings. The van der Waals surface area contributed by atoms with Crippen LogP contribution in [0.3, 0.4) is 0 Å². The van der Waals surface area contributed by atoms with Gasteiger partial charge in [-0.3, -0.25) is 9.79 Å². The van der Waals surface area contributed by atoms with Crippen molar-refractivity contribution in [2.45, 2.75) is 19.4 Å². The molecule has 4 nitrogen and oxygen atoms in total. The second kappa shape index (κ2) is 4.14. The maximum absolute atomic E-state index is 11.6. The Morgan fingerprint density at radius 1 is 1.41 bits per heavy atom. The molecule has 2 rings (SSSR count). The van der Waals surface area contributed by atoms with Crippen molar-refractivity contribution in [3.63, 3.8) is 0 Å². The summed E-state index contributed by atoms with van der Waals surface area (Å²) >= 11 is 3.41. The van der Waals surface area contributed by atoms with Crippen LogP contribution in [0, 0.1) is 0 Å². The van der Waals surface area contributed by atoms with Crippen LogP contribution in [0.15, 0.2) is 27.7 Å². The van der Waals surface area contributed by atoms with Crippen molar-refractivity contribution in [3.05, 3.63) is 28.2 Å². The molecule has 0 atom stereocenters. The number of nitrogens with zero attached hydrogens (tertiary/aromatic N) is 1. The molecule has 17 heavy (non-hydrogen) atoms. The molecule has 0 spiro atoms. The molecule has 5 heteroatoms. The van der Waals surface area contributed by atoms with Gasteiger partial charge in [0.25, 0.3) is 5.91 Å². The van der Waals surface area contributed by atoms with Crippen LogP contribution in [0.5, 0.6) is 5.75 Å². The third-order valence-electron chi connectivity index (χ3n) is 2.60. The smallest absolute Gasteiger partial charge is 0.252 e. The highest BCUT2D eigenvalue weighted by Crippen LogP contribution is 2.27. The predicted molar refractivity (Wildman–Crippen MR) is 69.5 cm³/mol. The number of amides is 1. The van der Waals surface area contributed by atoms with Gasteiger partial charge in [-0.2, -0.15) is 0 Å². The lowest BCUT2D eigenvalue weighted by Gasteiger charge is -2.07. The lowest BCUT2D eigenvalue weighted by atomic mass is 10.1. The van der Waals surface area contributed by atoms with Crippen LogP contribution < -0.4 is 10.1 Å². The summed E-state index contributed by atoms with van der Waals surface area (Å²) in [6.45, 7) is 3.57. The molecule has 0 bridgehead atoms. The summed E-state index contributed by atoms with van der Waals surface area (Å²) in [4.78, 5) is 16.0. The normalized spacial score (nSPS) is 17.6. The van der Waals surface area contributed by atoms with Crippen molar-refractivity contribution in [1.82, 2.24) is 5.32 Å². The van der Waals surface area contributed by atoms with E-state index in [1.165, 1.54) is 0 Å². The molecule has 0 unspecified atom stereocenters. The quantitative estimate of drug-likeness (QED) is 0.909. The van der Waals surface area contributed by atoms with Crippen LogP contribution in [0.2, 0.25) is 0 Å². The van der Waals surface area contributed by atoms with Crippen molar-refractivity contribution >= 4 is 27.7 Å². The number of amidine groups is 1. The molecule has 0 saturated carbocycles. The van der Waals surface area contributed by atoms with E-state index in [2.05, 4.69) is 26.2 Å². The molecule has 90 valence electrons. The number of rotatable bonds is 2. The number of carbonyl (C=O) groups excluding carboxylic acids is 1. The van der Waals surface area contributed by atoms with Crippen LogP contribution in [0.25, 0.3) is 0 Å². The predicted octanol–water partition coefficient (Wildman–Crippen LogP) is 2.11. The number of hydrogen-bond donors (Lipinski definition) is 1. The second-order valence-electron chi connectivity index (χ2n) is 4.32. The zero-order chi connectivity index (χ0) is 12.6. The Hall–Kier alpha value is -1.36. The standard InChI is InChI=1S/C12H13BrN2O2/c1-12(2)11(16)14-10(15-12)7-4-5-9(17-3)8(13)6-7/h4-6H,1-3H3,(H,14,15,16). The Kier molecular flexibility index (Phi) is 2.95. The van der Waals surface area contributed by atoms with E-state index in [9.17, 15) is 4.79 Å². The lowest BCUT2D eigenvalue weighted by Crippen LogP contribution is -2.34. The summed E-state index contributed by atoms with van der Waals surface area (Å²) in [6, 6.07) is 5.57. The van der Waals surface area contributed by atoms with Gasteiger partial charge in [-0.1, -0.05) is 0 Å². The van der Waals surface area contributed by atoms with Gasteiger partial charge in [0.15, 0.2) is 0 Å². The molecule has 0 aliphatic carbocycles. The number of benzene rings is 1. The van der Waals surface area contributed by atoms with E-state index in [4.69, 9.17) is 4.74 Å². The largest absolute Gasteiger partial charge is 0.496 e. The summed E-state index contributed by atoms with van der Waals surface area (Å²) in [7, 11) is 1.61. The molecule has 1 N–H and O–H groups in total. The molecule has 0 radical (unpaired) electrons.